The van der Waals surface area contributed by atoms with Gasteiger partial charge in [0.05, 0.1) is 13.7 Å². The summed E-state index contributed by atoms with van der Waals surface area (Å²) in [5.41, 5.74) is 4.94. The molecule has 6 heteroatoms. The Hall–Kier alpha value is -3.02. The van der Waals surface area contributed by atoms with E-state index in [2.05, 4.69) is 46.8 Å². The number of ether oxygens (including phenoxy) is 1. The molecule has 0 unspecified atom stereocenters. The van der Waals surface area contributed by atoms with E-state index in [-0.39, 0.29) is 12.5 Å². The molecule has 2 aromatic carbocycles. The van der Waals surface area contributed by atoms with Crippen molar-refractivity contribution in [1.82, 2.24) is 15.5 Å². The number of benzene rings is 2. The van der Waals surface area contributed by atoms with Gasteiger partial charge in [-0.25, -0.2) is 0 Å². The highest BCUT2D eigenvalue weighted by molar-refractivity contribution is 5.86. The lowest BCUT2D eigenvalue weighted by atomic mass is 10.00. The van der Waals surface area contributed by atoms with Crippen molar-refractivity contribution >= 4 is 11.9 Å². The molecule has 1 amide bonds. The molecule has 29 heavy (non-hydrogen) atoms. The molecular weight excluding hydrogens is 364 g/mol. The molecule has 154 valence electrons. The van der Waals surface area contributed by atoms with Gasteiger partial charge in [0.1, 0.15) is 5.75 Å². The Balaban J connectivity index is 1.46. The van der Waals surface area contributed by atoms with E-state index in [1.54, 1.807) is 14.2 Å². The maximum absolute atomic E-state index is 12.6. The molecule has 0 aliphatic carbocycles. The minimum absolute atomic E-state index is 0.0859. The van der Waals surface area contributed by atoms with Crippen molar-refractivity contribution in [3.8, 4) is 5.75 Å². The van der Waals surface area contributed by atoms with Crippen LogP contribution < -0.4 is 15.4 Å². The molecule has 2 aromatic rings. The van der Waals surface area contributed by atoms with Gasteiger partial charge in [-0.05, 0) is 42.5 Å². The number of amides is 1. The zero-order valence-electron chi connectivity index (χ0n) is 17.5. The topological polar surface area (TPSA) is 66.0 Å². The van der Waals surface area contributed by atoms with E-state index in [1.807, 2.05) is 23.1 Å². The number of nitrogens with zero attached hydrogens (tertiary/aromatic N) is 2. The van der Waals surface area contributed by atoms with Crippen molar-refractivity contribution in [2.24, 2.45) is 4.99 Å². The lowest BCUT2D eigenvalue weighted by Crippen LogP contribution is -2.46. The van der Waals surface area contributed by atoms with Gasteiger partial charge in [0.2, 0.25) is 5.91 Å². The molecule has 0 saturated heterocycles. The van der Waals surface area contributed by atoms with E-state index in [0.29, 0.717) is 19.0 Å². The summed E-state index contributed by atoms with van der Waals surface area (Å²) >= 11 is 0. The Morgan fingerprint density at radius 2 is 1.97 bits per heavy atom. The van der Waals surface area contributed by atoms with Crippen LogP contribution in [0.5, 0.6) is 5.75 Å². The Labute approximate surface area is 173 Å². The van der Waals surface area contributed by atoms with Crippen molar-refractivity contribution < 1.29 is 9.53 Å². The molecule has 0 saturated carbocycles. The normalized spacial score (nSPS) is 13.6. The Kier molecular flexibility index (Phi) is 7.11. The van der Waals surface area contributed by atoms with Crippen molar-refractivity contribution in [2.45, 2.75) is 26.3 Å². The summed E-state index contributed by atoms with van der Waals surface area (Å²) in [6.07, 6.45) is 1.72. The number of hydrogen-bond acceptors (Lipinski definition) is 3. The molecule has 0 bridgehead atoms. The molecule has 6 nitrogen and oxygen atoms in total. The van der Waals surface area contributed by atoms with Crippen LogP contribution in [-0.2, 0) is 24.2 Å². The van der Waals surface area contributed by atoms with E-state index in [9.17, 15) is 4.79 Å². The lowest BCUT2D eigenvalue weighted by Gasteiger charge is -2.29. The SMILES string of the molecule is CN=C(NCCc1cc(C)ccc1OC)NCC(=O)N1CCc2ccccc2C1. The average molecular weight is 395 g/mol. The lowest BCUT2D eigenvalue weighted by molar-refractivity contribution is -0.130. The van der Waals surface area contributed by atoms with Crippen LogP contribution in [-0.4, -0.2) is 50.6 Å². The fourth-order valence-corrected chi connectivity index (χ4v) is 3.62. The molecule has 1 aliphatic rings. The predicted molar refractivity (Wildman–Crippen MR) is 116 cm³/mol. The smallest absolute Gasteiger partial charge is 0.242 e. The van der Waals surface area contributed by atoms with Gasteiger partial charge in [0.15, 0.2) is 5.96 Å². The first-order valence-corrected chi connectivity index (χ1v) is 10.0. The third-order valence-electron chi connectivity index (χ3n) is 5.24. The third-order valence-corrected chi connectivity index (χ3v) is 5.24. The monoisotopic (exact) mass is 394 g/mol. The fourth-order valence-electron chi connectivity index (χ4n) is 3.62. The number of guanidine groups is 1. The third kappa shape index (κ3) is 5.50. The second-order valence-electron chi connectivity index (χ2n) is 7.25. The minimum atomic E-state index is 0.0859. The fraction of sp³-hybridized carbons (Fsp3) is 0.391. The Morgan fingerprint density at radius 1 is 1.17 bits per heavy atom. The molecular formula is C23H30N4O2. The van der Waals surface area contributed by atoms with Crippen LogP contribution in [0.3, 0.4) is 0 Å². The number of hydrogen-bond donors (Lipinski definition) is 2. The largest absolute Gasteiger partial charge is 0.496 e. The summed E-state index contributed by atoms with van der Waals surface area (Å²) in [6.45, 7) is 4.44. The van der Waals surface area contributed by atoms with Crippen molar-refractivity contribution in [1.29, 1.82) is 0 Å². The van der Waals surface area contributed by atoms with Gasteiger partial charge < -0.3 is 20.3 Å². The maximum atomic E-state index is 12.6. The van der Waals surface area contributed by atoms with Gasteiger partial charge in [-0.1, -0.05) is 42.0 Å². The second-order valence-corrected chi connectivity index (χ2v) is 7.25. The first-order chi connectivity index (χ1) is 14.1. The molecule has 0 aromatic heterocycles. The number of aliphatic imine (C=N–C) groups is 1. The van der Waals surface area contributed by atoms with Crippen LogP contribution in [0.25, 0.3) is 0 Å². The van der Waals surface area contributed by atoms with E-state index in [1.165, 1.54) is 16.7 Å². The second kappa shape index (κ2) is 9.96. The molecule has 0 spiro atoms. The summed E-state index contributed by atoms with van der Waals surface area (Å²) in [5, 5.41) is 6.41. The molecule has 0 radical (unpaired) electrons. The van der Waals surface area contributed by atoms with E-state index < -0.39 is 0 Å². The van der Waals surface area contributed by atoms with E-state index >= 15 is 0 Å². The molecule has 0 atom stereocenters. The predicted octanol–water partition coefficient (Wildman–Crippen LogP) is 2.30. The number of carbonyl (C=O) groups excluding carboxylic acids is 1. The number of nitrogens with one attached hydrogen (secondary N) is 2. The highest BCUT2D eigenvalue weighted by Gasteiger charge is 2.20. The number of fused-ring (bicyclic) bond motifs is 1. The molecule has 1 heterocycles. The van der Waals surface area contributed by atoms with Crippen LogP contribution in [0.4, 0.5) is 0 Å². The van der Waals surface area contributed by atoms with Gasteiger partial charge >= 0.3 is 0 Å². The van der Waals surface area contributed by atoms with E-state index in [0.717, 1.165) is 30.7 Å². The molecule has 2 N–H and O–H groups in total. The van der Waals surface area contributed by atoms with Gasteiger partial charge in [0, 0.05) is 26.7 Å². The molecule has 0 fully saturated rings. The quantitative estimate of drug-likeness (QED) is 0.583. The first-order valence-electron chi connectivity index (χ1n) is 10.0. The highest BCUT2D eigenvalue weighted by atomic mass is 16.5. The van der Waals surface area contributed by atoms with Crippen molar-refractivity contribution in [2.75, 3.05) is 33.8 Å². The number of methoxy groups -OCH3 is 1. The number of aryl methyl sites for hydroxylation is 1. The number of rotatable bonds is 6. The van der Waals surface area contributed by atoms with Gasteiger partial charge in [-0.15, -0.1) is 0 Å². The van der Waals surface area contributed by atoms with Crippen LogP contribution in [0.2, 0.25) is 0 Å². The van der Waals surface area contributed by atoms with Crippen molar-refractivity contribution in [3.63, 3.8) is 0 Å². The molecule has 1 aliphatic heterocycles. The van der Waals surface area contributed by atoms with Crippen LogP contribution in [0.15, 0.2) is 47.5 Å². The zero-order valence-corrected chi connectivity index (χ0v) is 17.5. The summed E-state index contributed by atoms with van der Waals surface area (Å²) in [7, 11) is 3.40. The summed E-state index contributed by atoms with van der Waals surface area (Å²) < 4.78 is 5.43. The standard InChI is InChI=1S/C23H30N4O2/c1-17-8-9-21(29-3)19(14-17)10-12-25-23(24-2)26-15-22(28)27-13-11-18-6-4-5-7-20(18)16-27/h4-9,14H,10-13,15-16H2,1-3H3,(H2,24,25,26). The summed E-state index contributed by atoms with van der Waals surface area (Å²) in [4.78, 5) is 18.7. The summed E-state index contributed by atoms with van der Waals surface area (Å²) in [6, 6.07) is 14.5. The van der Waals surface area contributed by atoms with Gasteiger partial charge in [0.25, 0.3) is 0 Å². The van der Waals surface area contributed by atoms with Crippen LogP contribution in [0, 0.1) is 6.92 Å². The van der Waals surface area contributed by atoms with Crippen LogP contribution in [0.1, 0.15) is 22.3 Å². The highest BCUT2D eigenvalue weighted by Crippen LogP contribution is 2.20. The van der Waals surface area contributed by atoms with Crippen molar-refractivity contribution in [3.05, 3.63) is 64.7 Å². The summed E-state index contributed by atoms with van der Waals surface area (Å²) in [5.74, 6) is 1.60. The Morgan fingerprint density at radius 3 is 2.72 bits per heavy atom. The zero-order chi connectivity index (χ0) is 20.6. The number of carbonyl (C=O) groups is 1. The van der Waals surface area contributed by atoms with Gasteiger partial charge in [-0.2, -0.15) is 0 Å². The molecule has 3 rings (SSSR count). The van der Waals surface area contributed by atoms with Crippen LogP contribution >= 0.6 is 0 Å². The minimum Gasteiger partial charge on any atom is -0.496 e. The Bertz CT molecular complexity index is 879. The maximum Gasteiger partial charge on any atom is 0.242 e. The van der Waals surface area contributed by atoms with E-state index in [4.69, 9.17) is 4.74 Å². The van der Waals surface area contributed by atoms with Gasteiger partial charge in [-0.3, -0.25) is 9.79 Å². The average Bonchev–Trinajstić information content (AvgIpc) is 2.75. The first kappa shape index (κ1) is 20.7.